The highest BCUT2D eigenvalue weighted by Gasteiger charge is 2.16. The van der Waals surface area contributed by atoms with Crippen LogP contribution in [0, 0.1) is 13.8 Å². The average molecular weight is 665 g/mol. The number of amides is 1. The lowest BCUT2D eigenvalue weighted by Crippen LogP contribution is -2.31. The van der Waals surface area contributed by atoms with Crippen LogP contribution >= 0.6 is 0 Å². The molecule has 0 saturated carbocycles. The van der Waals surface area contributed by atoms with Gasteiger partial charge in [0.1, 0.15) is 22.9 Å². The van der Waals surface area contributed by atoms with Crippen molar-refractivity contribution in [2.24, 2.45) is 5.73 Å². The summed E-state index contributed by atoms with van der Waals surface area (Å²) in [5.41, 5.74) is 8.66. The number of carbonyl (C=O) groups excluding carboxylic acids is 1. The summed E-state index contributed by atoms with van der Waals surface area (Å²) in [6.45, 7) is 6.85. The van der Waals surface area contributed by atoms with Crippen LogP contribution in [-0.2, 0) is 0 Å². The van der Waals surface area contributed by atoms with Crippen molar-refractivity contribution in [2.75, 3.05) is 54.4 Å². The van der Waals surface area contributed by atoms with Crippen molar-refractivity contribution in [1.82, 2.24) is 25.1 Å². The zero-order chi connectivity index (χ0) is 35.5. The van der Waals surface area contributed by atoms with Gasteiger partial charge in [0, 0.05) is 37.0 Å². The number of nitrogens with two attached hydrogens (primary N) is 1. The second kappa shape index (κ2) is 17.2. The Hall–Kier alpha value is -5.36. The third kappa shape index (κ3) is 10.1. The molecule has 2 aromatic carbocycles. The van der Waals surface area contributed by atoms with E-state index < -0.39 is 5.97 Å². The van der Waals surface area contributed by atoms with Crippen LogP contribution in [0.5, 0.6) is 0 Å². The number of aromatic nitrogens is 2. The molecule has 0 aliphatic carbocycles. The average Bonchev–Trinajstić information content (AvgIpc) is 3.72. The number of pyridine rings is 2. The molecule has 4 heterocycles. The summed E-state index contributed by atoms with van der Waals surface area (Å²) < 4.78 is 11.2. The lowest BCUT2D eigenvalue weighted by Gasteiger charge is -2.12. The van der Waals surface area contributed by atoms with E-state index in [2.05, 4.69) is 20.2 Å². The van der Waals surface area contributed by atoms with Crippen molar-refractivity contribution in [2.45, 2.75) is 13.8 Å². The monoisotopic (exact) mass is 664 g/mol. The van der Waals surface area contributed by atoms with Gasteiger partial charge in [-0.05, 0) is 90.6 Å². The summed E-state index contributed by atoms with van der Waals surface area (Å²) in [6, 6.07) is 25.6. The summed E-state index contributed by atoms with van der Waals surface area (Å²) in [6.07, 6.45) is 0. The van der Waals surface area contributed by atoms with E-state index in [1.807, 2.05) is 95.5 Å². The fourth-order valence-corrected chi connectivity index (χ4v) is 4.86. The van der Waals surface area contributed by atoms with Gasteiger partial charge in [0.25, 0.3) is 5.91 Å². The van der Waals surface area contributed by atoms with Gasteiger partial charge in [-0.3, -0.25) is 4.79 Å². The molecule has 0 bridgehead atoms. The molecule has 0 saturated heterocycles. The van der Waals surface area contributed by atoms with Crippen LogP contribution in [0.4, 0.5) is 0 Å². The first-order valence-electron chi connectivity index (χ1n) is 15.9. The van der Waals surface area contributed by atoms with Crippen molar-refractivity contribution in [1.29, 1.82) is 0 Å². The molecule has 256 valence electrons. The molecule has 6 rings (SSSR count). The SMILES string of the molecule is CN(C)CCN.Cc1ccc(-c2cc(C(=O)NCCN(C)C)c3ccccc3n2)o1.Cc1ccc(-c2cc(C(=O)O)c3ccccc3n2)o1. The molecule has 0 atom stereocenters. The van der Waals surface area contributed by atoms with Crippen molar-refractivity contribution in [3.63, 3.8) is 0 Å². The first-order valence-corrected chi connectivity index (χ1v) is 15.9. The molecule has 4 aromatic heterocycles. The van der Waals surface area contributed by atoms with E-state index in [1.165, 1.54) is 0 Å². The minimum absolute atomic E-state index is 0.0972. The highest BCUT2D eigenvalue weighted by molar-refractivity contribution is 6.07. The van der Waals surface area contributed by atoms with Crippen LogP contribution in [0.2, 0.25) is 0 Å². The van der Waals surface area contributed by atoms with Crippen molar-refractivity contribution in [3.05, 3.63) is 108 Å². The summed E-state index contributed by atoms with van der Waals surface area (Å²) in [5, 5.41) is 13.7. The number of carboxylic acids is 1. The number of para-hydroxylation sites is 2. The zero-order valence-electron chi connectivity index (χ0n) is 28.9. The van der Waals surface area contributed by atoms with E-state index in [0.717, 1.165) is 42.1 Å². The Morgan fingerprint density at radius 3 is 1.59 bits per heavy atom. The smallest absolute Gasteiger partial charge is 0.336 e. The molecular weight excluding hydrogens is 620 g/mol. The quantitative estimate of drug-likeness (QED) is 0.165. The van der Waals surface area contributed by atoms with Crippen molar-refractivity contribution >= 4 is 33.7 Å². The van der Waals surface area contributed by atoms with Crippen LogP contribution in [0.1, 0.15) is 32.2 Å². The maximum atomic E-state index is 12.6. The van der Waals surface area contributed by atoms with Crippen molar-refractivity contribution < 1.29 is 23.5 Å². The number of likely N-dealkylation sites (N-methyl/N-ethyl adjacent to an activating group) is 2. The van der Waals surface area contributed by atoms with Gasteiger partial charge in [-0.25, -0.2) is 14.8 Å². The number of hydrogen-bond acceptors (Lipinski definition) is 9. The maximum Gasteiger partial charge on any atom is 0.336 e. The molecule has 0 spiro atoms. The van der Waals surface area contributed by atoms with E-state index in [-0.39, 0.29) is 11.5 Å². The second-order valence-electron chi connectivity index (χ2n) is 11.9. The fourth-order valence-electron chi connectivity index (χ4n) is 4.86. The number of benzene rings is 2. The molecule has 0 aliphatic heterocycles. The third-order valence-corrected chi connectivity index (χ3v) is 7.31. The van der Waals surface area contributed by atoms with Crippen LogP contribution in [-0.4, -0.2) is 91.1 Å². The van der Waals surface area contributed by atoms with Gasteiger partial charge in [0.2, 0.25) is 0 Å². The van der Waals surface area contributed by atoms with Gasteiger partial charge in [-0.1, -0.05) is 36.4 Å². The van der Waals surface area contributed by atoms with E-state index in [4.69, 9.17) is 14.6 Å². The van der Waals surface area contributed by atoms with Crippen molar-refractivity contribution in [3.8, 4) is 22.9 Å². The Balaban J connectivity index is 0.000000193. The molecule has 11 nitrogen and oxygen atoms in total. The van der Waals surface area contributed by atoms with Gasteiger partial charge >= 0.3 is 5.97 Å². The van der Waals surface area contributed by atoms with E-state index in [0.29, 0.717) is 45.9 Å². The molecule has 0 unspecified atom stereocenters. The van der Waals surface area contributed by atoms with Crippen LogP contribution in [0.25, 0.3) is 44.7 Å². The molecule has 1 amide bonds. The van der Waals surface area contributed by atoms with E-state index in [1.54, 1.807) is 36.4 Å². The second-order valence-corrected chi connectivity index (χ2v) is 11.9. The Bertz CT molecular complexity index is 2010. The Kier molecular flexibility index (Phi) is 12.8. The number of carboxylic acid groups (broad SMARTS) is 1. The number of aromatic carboxylic acids is 1. The first-order chi connectivity index (χ1) is 23.5. The highest BCUT2D eigenvalue weighted by Crippen LogP contribution is 2.27. The van der Waals surface area contributed by atoms with Gasteiger partial charge < -0.3 is 34.8 Å². The number of nitrogens with one attached hydrogen (secondary N) is 1. The molecule has 49 heavy (non-hydrogen) atoms. The molecular formula is C38H44N6O5. The summed E-state index contributed by atoms with van der Waals surface area (Å²) in [7, 11) is 7.97. The number of carbonyl (C=O) groups is 2. The predicted octanol–water partition coefficient (Wildman–Crippen LogP) is 6.10. The summed E-state index contributed by atoms with van der Waals surface area (Å²) in [4.78, 5) is 37.1. The van der Waals surface area contributed by atoms with Gasteiger partial charge in [-0.15, -0.1) is 0 Å². The van der Waals surface area contributed by atoms with Gasteiger partial charge in [0.05, 0.1) is 22.2 Å². The normalized spacial score (nSPS) is 10.9. The molecule has 0 aliphatic rings. The van der Waals surface area contributed by atoms with Crippen LogP contribution < -0.4 is 11.1 Å². The number of hydrogen-bond donors (Lipinski definition) is 3. The Morgan fingerprint density at radius 1 is 0.714 bits per heavy atom. The topological polar surface area (TPSA) is 151 Å². The van der Waals surface area contributed by atoms with Gasteiger partial charge in [-0.2, -0.15) is 0 Å². The zero-order valence-corrected chi connectivity index (χ0v) is 28.9. The molecule has 4 N–H and O–H groups in total. The Morgan fingerprint density at radius 2 is 1.18 bits per heavy atom. The molecule has 0 fully saturated rings. The number of rotatable bonds is 9. The minimum Gasteiger partial charge on any atom is -0.478 e. The van der Waals surface area contributed by atoms with Gasteiger partial charge in [0.15, 0.2) is 11.5 Å². The van der Waals surface area contributed by atoms with E-state index in [9.17, 15) is 14.7 Å². The summed E-state index contributed by atoms with van der Waals surface area (Å²) >= 11 is 0. The minimum atomic E-state index is -0.969. The van der Waals surface area contributed by atoms with Crippen LogP contribution in [0.3, 0.4) is 0 Å². The van der Waals surface area contributed by atoms with Crippen LogP contribution in [0.15, 0.2) is 93.8 Å². The lowest BCUT2D eigenvalue weighted by atomic mass is 10.1. The first kappa shape index (κ1) is 36.5. The maximum absolute atomic E-state index is 12.6. The predicted molar refractivity (Wildman–Crippen MR) is 194 cm³/mol. The summed E-state index contributed by atoms with van der Waals surface area (Å²) in [5.74, 6) is 1.76. The third-order valence-electron chi connectivity index (χ3n) is 7.31. The lowest BCUT2D eigenvalue weighted by molar-refractivity contribution is 0.0698. The number of furan rings is 2. The largest absolute Gasteiger partial charge is 0.478 e. The molecule has 6 aromatic rings. The highest BCUT2D eigenvalue weighted by atomic mass is 16.4. The number of nitrogens with zero attached hydrogens (tertiary/aromatic N) is 4. The number of fused-ring (bicyclic) bond motifs is 2. The number of aryl methyl sites for hydroxylation is 2. The molecule has 11 heteroatoms. The van der Waals surface area contributed by atoms with E-state index >= 15 is 0 Å². The Labute approximate surface area is 286 Å². The standard InChI is InChI=1S/C19H21N3O2.C15H11NO3.C4H12N2/c1-13-8-9-18(24-13)17-12-15(19(23)20-10-11-22(2)3)14-6-4-5-7-16(14)21-17;1-9-6-7-14(19-9)13-8-11(15(17)18)10-4-2-3-5-12(10)16-13;1-6(2)4-3-5/h4-9,12H,10-11H2,1-3H3,(H,20,23);2-8H,1H3,(H,17,18);3-5H2,1-2H3. The fraction of sp³-hybridized carbons (Fsp3) is 0.263. The molecule has 0 radical (unpaired) electrons.